The van der Waals surface area contributed by atoms with Crippen molar-refractivity contribution in [3.63, 3.8) is 0 Å². The van der Waals surface area contributed by atoms with Crippen LogP contribution in [0.3, 0.4) is 0 Å². The van der Waals surface area contributed by atoms with Crippen LogP contribution >= 0.6 is 11.3 Å². The number of amides is 1. The lowest BCUT2D eigenvalue weighted by Gasteiger charge is -2.14. The average molecular weight is 339 g/mol. The maximum atomic E-state index is 11.5. The van der Waals surface area contributed by atoms with Crippen LogP contribution in [0.1, 0.15) is 32.6 Å². The molecule has 1 heterocycles. The Hall–Kier alpha value is -1.56. The molecule has 5 nitrogen and oxygen atoms in total. The van der Waals surface area contributed by atoms with Crippen LogP contribution in [-0.4, -0.2) is 38.0 Å². The van der Waals surface area contributed by atoms with Crippen molar-refractivity contribution in [1.82, 2.24) is 16.0 Å². The van der Waals surface area contributed by atoms with Crippen molar-refractivity contribution in [3.8, 4) is 0 Å². The molecule has 0 saturated heterocycles. The standard InChI is InChI=1S/C17H30N4OS/c1-5-18-17(20-9-8-19-16(22)13(2)3)21-12-14(4)11-15-7-6-10-23-15/h6-7,10,13-14H,5,8-9,11-12H2,1-4H3,(H,19,22)(H2,18,20,21). The summed E-state index contributed by atoms with van der Waals surface area (Å²) in [6.07, 6.45) is 1.06. The Labute approximate surface area is 144 Å². The van der Waals surface area contributed by atoms with E-state index in [0.717, 1.165) is 25.5 Å². The molecular formula is C17H30N4OS. The van der Waals surface area contributed by atoms with Gasteiger partial charge in [0.2, 0.25) is 5.91 Å². The second-order valence-corrected chi connectivity index (χ2v) is 7.01. The molecule has 23 heavy (non-hydrogen) atoms. The normalized spacial score (nSPS) is 13.0. The fourth-order valence-electron chi connectivity index (χ4n) is 2.00. The summed E-state index contributed by atoms with van der Waals surface area (Å²) in [7, 11) is 0. The predicted molar refractivity (Wildman–Crippen MR) is 99.0 cm³/mol. The zero-order valence-corrected chi connectivity index (χ0v) is 15.5. The molecule has 3 N–H and O–H groups in total. The van der Waals surface area contributed by atoms with E-state index in [9.17, 15) is 4.79 Å². The zero-order chi connectivity index (χ0) is 17.1. The summed E-state index contributed by atoms with van der Waals surface area (Å²) in [5, 5.41) is 11.5. The fraction of sp³-hybridized carbons (Fsp3) is 0.647. The van der Waals surface area contributed by atoms with Crippen molar-refractivity contribution in [3.05, 3.63) is 22.4 Å². The molecule has 1 amide bonds. The molecule has 1 aromatic heterocycles. The number of thiophene rings is 1. The first-order valence-electron chi connectivity index (χ1n) is 8.35. The van der Waals surface area contributed by atoms with Crippen molar-refractivity contribution < 1.29 is 4.79 Å². The van der Waals surface area contributed by atoms with E-state index in [1.165, 1.54) is 4.88 Å². The van der Waals surface area contributed by atoms with Crippen LogP contribution < -0.4 is 16.0 Å². The zero-order valence-electron chi connectivity index (χ0n) is 14.7. The first-order valence-corrected chi connectivity index (χ1v) is 9.23. The predicted octanol–water partition coefficient (Wildman–Crippen LogP) is 2.25. The molecule has 0 aromatic carbocycles. The molecule has 0 aliphatic carbocycles. The van der Waals surface area contributed by atoms with E-state index in [4.69, 9.17) is 0 Å². The van der Waals surface area contributed by atoms with E-state index >= 15 is 0 Å². The van der Waals surface area contributed by atoms with Crippen LogP contribution in [-0.2, 0) is 11.2 Å². The molecule has 1 atom stereocenters. The van der Waals surface area contributed by atoms with E-state index in [2.05, 4.69) is 45.4 Å². The number of hydrogen-bond donors (Lipinski definition) is 3. The van der Waals surface area contributed by atoms with Gasteiger partial charge in [-0.25, -0.2) is 0 Å². The highest BCUT2D eigenvalue weighted by Gasteiger charge is 2.06. The average Bonchev–Trinajstić information content (AvgIpc) is 3.01. The van der Waals surface area contributed by atoms with Crippen LogP contribution in [0, 0.1) is 11.8 Å². The summed E-state index contributed by atoms with van der Waals surface area (Å²) in [5.41, 5.74) is 0. The Morgan fingerprint density at radius 1 is 1.22 bits per heavy atom. The molecule has 0 aliphatic rings. The number of rotatable bonds is 9. The lowest BCUT2D eigenvalue weighted by atomic mass is 10.1. The summed E-state index contributed by atoms with van der Waals surface area (Å²) >= 11 is 1.80. The molecule has 130 valence electrons. The highest BCUT2D eigenvalue weighted by Crippen LogP contribution is 2.14. The fourth-order valence-corrected chi connectivity index (χ4v) is 2.87. The number of guanidine groups is 1. The maximum Gasteiger partial charge on any atom is 0.222 e. The summed E-state index contributed by atoms with van der Waals surface area (Å²) in [5.74, 6) is 1.42. The maximum absolute atomic E-state index is 11.5. The van der Waals surface area contributed by atoms with Crippen LogP contribution in [0.15, 0.2) is 22.5 Å². The minimum absolute atomic E-state index is 0.0232. The molecule has 0 spiro atoms. The molecule has 0 radical (unpaired) electrons. The molecule has 1 aromatic rings. The quantitative estimate of drug-likeness (QED) is 0.368. The van der Waals surface area contributed by atoms with Crippen LogP contribution in [0.25, 0.3) is 0 Å². The Bertz CT molecular complexity index is 471. The van der Waals surface area contributed by atoms with E-state index in [-0.39, 0.29) is 11.8 Å². The summed E-state index contributed by atoms with van der Waals surface area (Å²) in [6, 6.07) is 4.26. The molecule has 0 aliphatic heterocycles. The van der Waals surface area contributed by atoms with Gasteiger partial charge in [-0.2, -0.15) is 0 Å². The van der Waals surface area contributed by atoms with Crippen molar-refractivity contribution in [2.75, 3.05) is 26.2 Å². The van der Waals surface area contributed by atoms with Gasteiger partial charge in [0.05, 0.1) is 0 Å². The second kappa shape index (κ2) is 11.0. The van der Waals surface area contributed by atoms with Gasteiger partial charge in [0.15, 0.2) is 5.96 Å². The molecule has 6 heteroatoms. The Kier molecular flexibility index (Phi) is 9.36. The van der Waals surface area contributed by atoms with Gasteiger partial charge in [-0.3, -0.25) is 9.79 Å². The summed E-state index contributed by atoms with van der Waals surface area (Å²) in [6.45, 7) is 10.9. The van der Waals surface area contributed by atoms with Gasteiger partial charge in [0.1, 0.15) is 0 Å². The first kappa shape index (κ1) is 19.5. The number of carbonyl (C=O) groups is 1. The highest BCUT2D eigenvalue weighted by atomic mass is 32.1. The number of nitrogens with one attached hydrogen (secondary N) is 3. The molecule has 0 saturated carbocycles. The monoisotopic (exact) mass is 338 g/mol. The number of aliphatic imine (C=N–C) groups is 1. The van der Waals surface area contributed by atoms with Gasteiger partial charge in [0.25, 0.3) is 0 Å². The first-order chi connectivity index (χ1) is 11.0. The Morgan fingerprint density at radius 3 is 2.57 bits per heavy atom. The summed E-state index contributed by atoms with van der Waals surface area (Å²) in [4.78, 5) is 17.5. The Balaban J connectivity index is 2.33. The van der Waals surface area contributed by atoms with Crippen molar-refractivity contribution in [2.24, 2.45) is 16.8 Å². The summed E-state index contributed by atoms with van der Waals surface area (Å²) < 4.78 is 0. The molecule has 0 fully saturated rings. The molecule has 0 bridgehead atoms. The number of carbonyl (C=O) groups excluding carboxylic acids is 1. The number of nitrogens with zero attached hydrogens (tertiary/aromatic N) is 1. The second-order valence-electron chi connectivity index (χ2n) is 5.98. The van der Waals surface area contributed by atoms with Crippen molar-refractivity contribution in [2.45, 2.75) is 34.1 Å². The van der Waals surface area contributed by atoms with Gasteiger partial charge in [0, 0.05) is 37.0 Å². The van der Waals surface area contributed by atoms with E-state index in [1.54, 1.807) is 11.3 Å². The van der Waals surface area contributed by atoms with Gasteiger partial charge >= 0.3 is 0 Å². The minimum atomic E-state index is 0.0232. The van der Waals surface area contributed by atoms with Crippen LogP contribution in [0.4, 0.5) is 0 Å². The van der Waals surface area contributed by atoms with Crippen LogP contribution in [0.2, 0.25) is 0 Å². The van der Waals surface area contributed by atoms with Gasteiger partial charge in [-0.05, 0) is 30.7 Å². The lowest BCUT2D eigenvalue weighted by Crippen LogP contribution is -2.42. The smallest absolute Gasteiger partial charge is 0.222 e. The molecular weight excluding hydrogens is 308 g/mol. The topological polar surface area (TPSA) is 65.5 Å². The lowest BCUT2D eigenvalue weighted by molar-refractivity contribution is -0.123. The van der Waals surface area contributed by atoms with E-state index in [0.29, 0.717) is 19.0 Å². The van der Waals surface area contributed by atoms with Gasteiger partial charge in [-0.1, -0.05) is 26.8 Å². The number of hydrogen-bond acceptors (Lipinski definition) is 3. The van der Waals surface area contributed by atoms with Gasteiger partial charge in [-0.15, -0.1) is 11.3 Å². The SMILES string of the molecule is CCNC(=NCC(C)Cc1cccs1)NCCNC(=O)C(C)C. The molecule has 1 rings (SSSR count). The largest absolute Gasteiger partial charge is 0.357 e. The Morgan fingerprint density at radius 2 is 1.96 bits per heavy atom. The van der Waals surface area contributed by atoms with Crippen LogP contribution in [0.5, 0.6) is 0 Å². The third-order valence-electron chi connectivity index (χ3n) is 3.28. The van der Waals surface area contributed by atoms with E-state index < -0.39 is 0 Å². The molecule has 1 unspecified atom stereocenters. The third kappa shape index (κ3) is 8.59. The van der Waals surface area contributed by atoms with Crippen molar-refractivity contribution in [1.29, 1.82) is 0 Å². The highest BCUT2D eigenvalue weighted by molar-refractivity contribution is 7.09. The third-order valence-corrected chi connectivity index (χ3v) is 4.17. The van der Waals surface area contributed by atoms with Gasteiger partial charge < -0.3 is 16.0 Å². The minimum Gasteiger partial charge on any atom is -0.357 e. The van der Waals surface area contributed by atoms with E-state index in [1.807, 2.05) is 20.8 Å². The van der Waals surface area contributed by atoms with Crippen molar-refractivity contribution >= 4 is 23.2 Å².